The molecule has 5 heteroatoms. The van der Waals surface area contributed by atoms with Gasteiger partial charge in [0.1, 0.15) is 5.69 Å². The number of hydrogen-bond donors (Lipinski definition) is 2. The molecule has 2 rings (SSSR count). The van der Waals surface area contributed by atoms with Crippen molar-refractivity contribution in [3.8, 4) is 0 Å². The predicted molar refractivity (Wildman–Crippen MR) is 65.7 cm³/mol. The van der Waals surface area contributed by atoms with Crippen LogP contribution in [0.15, 0.2) is 30.5 Å². The molecule has 2 aromatic rings. The molecule has 0 bridgehead atoms. The fraction of sp³-hybridized carbons (Fsp3) is 0.182. The topological polar surface area (TPSA) is 54.9 Å². The number of hydrogen-bond acceptors (Lipinski definition) is 4. The van der Waals surface area contributed by atoms with E-state index in [1.54, 1.807) is 0 Å². The highest BCUT2D eigenvalue weighted by molar-refractivity contribution is 7.80. The molecule has 0 atom stereocenters. The van der Waals surface area contributed by atoms with Crippen molar-refractivity contribution in [1.82, 2.24) is 15.3 Å². The van der Waals surface area contributed by atoms with Gasteiger partial charge >= 0.3 is 0 Å². The first kappa shape index (κ1) is 10.9. The summed E-state index contributed by atoms with van der Waals surface area (Å²) in [6.07, 6.45) is 1.48. The lowest BCUT2D eigenvalue weighted by atomic mass is 10.3. The predicted octanol–water partition coefficient (Wildman–Crippen LogP) is 1.29. The molecule has 1 amide bonds. The van der Waals surface area contributed by atoms with E-state index in [1.165, 1.54) is 6.20 Å². The SMILES string of the molecule is O=C(NCCS)c1cnc2ccccc2n1. The molecule has 4 nitrogen and oxygen atoms in total. The van der Waals surface area contributed by atoms with Gasteiger partial charge in [-0.1, -0.05) is 12.1 Å². The van der Waals surface area contributed by atoms with Crippen LogP contribution in [-0.4, -0.2) is 28.2 Å². The molecule has 1 aromatic carbocycles. The van der Waals surface area contributed by atoms with Gasteiger partial charge in [-0.3, -0.25) is 9.78 Å². The van der Waals surface area contributed by atoms with E-state index >= 15 is 0 Å². The minimum absolute atomic E-state index is 0.215. The number of benzene rings is 1. The van der Waals surface area contributed by atoms with E-state index in [0.717, 1.165) is 11.0 Å². The van der Waals surface area contributed by atoms with Gasteiger partial charge in [0, 0.05) is 12.3 Å². The van der Waals surface area contributed by atoms with Gasteiger partial charge in [0.05, 0.1) is 17.2 Å². The smallest absolute Gasteiger partial charge is 0.271 e. The summed E-state index contributed by atoms with van der Waals surface area (Å²) < 4.78 is 0. The minimum Gasteiger partial charge on any atom is -0.350 e. The van der Waals surface area contributed by atoms with Gasteiger partial charge in [-0.25, -0.2) is 4.98 Å². The molecule has 0 saturated carbocycles. The van der Waals surface area contributed by atoms with Crippen LogP contribution >= 0.6 is 12.6 Å². The normalized spacial score (nSPS) is 10.3. The van der Waals surface area contributed by atoms with Crippen molar-refractivity contribution >= 4 is 29.6 Å². The van der Waals surface area contributed by atoms with Crippen molar-refractivity contribution < 1.29 is 4.79 Å². The first-order valence-electron chi connectivity index (χ1n) is 4.92. The Morgan fingerprint density at radius 1 is 1.31 bits per heavy atom. The van der Waals surface area contributed by atoms with Crippen LogP contribution < -0.4 is 5.32 Å². The number of rotatable bonds is 3. The Hall–Kier alpha value is -1.62. The van der Waals surface area contributed by atoms with E-state index in [0.29, 0.717) is 18.0 Å². The summed E-state index contributed by atoms with van der Waals surface area (Å²) in [5, 5.41) is 2.70. The Morgan fingerprint density at radius 2 is 2.06 bits per heavy atom. The first-order chi connectivity index (χ1) is 7.81. The molecule has 16 heavy (non-hydrogen) atoms. The molecule has 0 aliphatic rings. The molecule has 0 radical (unpaired) electrons. The summed E-state index contributed by atoms with van der Waals surface area (Å²) in [7, 11) is 0. The van der Waals surface area contributed by atoms with Crippen LogP contribution in [0.25, 0.3) is 11.0 Å². The van der Waals surface area contributed by atoms with Gasteiger partial charge in [0.25, 0.3) is 5.91 Å². The lowest BCUT2D eigenvalue weighted by Gasteiger charge is -2.03. The maximum atomic E-state index is 11.6. The van der Waals surface area contributed by atoms with Crippen LogP contribution in [0.5, 0.6) is 0 Å². The van der Waals surface area contributed by atoms with E-state index in [9.17, 15) is 4.79 Å². The third-order valence-electron chi connectivity index (χ3n) is 2.08. The lowest BCUT2D eigenvalue weighted by molar-refractivity contribution is 0.0951. The van der Waals surface area contributed by atoms with Crippen LogP contribution in [-0.2, 0) is 0 Å². The third kappa shape index (κ3) is 2.30. The van der Waals surface area contributed by atoms with Gasteiger partial charge in [0.2, 0.25) is 0 Å². The summed E-state index contributed by atoms with van der Waals surface area (Å²) >= 11 is 4.02. The van der Waals surface area contributed by atoms with Crippen molar-refractivity contribution in [3.63, 3.8) is 0 Å². The van der Waals surface area contributed by atoms with Gasteiger partial charge in [0.15, 0.2) is 0 Å². The second-order valence-corrected chi connectivity index (χ2v) is 3.67. The van der Waals surface area contributed by atoms with Crippen LogP contribution in [0, 0.1) is 0 Å². The highest BCUT2D eigenvalue weighted by atomic mass is 32.1. The Morgan fingerprint density at radius 3 is 2.81 bits per heavy atom. The quantitative estimate of drug-likeness (QED) is 0.785. The summed E-state index contributed by atoms with van der Waals surface area (Å²) in [4.78, 5) is 20.0. The lowest BCUT2D eigenvalue weighted by Crippen LogP contribution is -2.26. The van der Waals surface area contributed by atoms with Crippen molar-refractivity contribution in [3.05, 3.63) is 36.2 Å². The van der Waals surface area contributed by atoms with E-state index in [2.05, 4.69) is 27.9 Å². The zero-order valence-electron chi connectivity index (χ0n) is 8.55. The summed E-state index contributed by atoms with van der Waals surface area (Å²) in [6, 6.07) is 7.44. The molecule has 0 aliphatic carbocycles. The van der Waals surface area contributed by atoms with Gasteiger partial charge in [-0.05, 0) is 12.1 Å². The van der Waals surface area contributed by atoms with E-state index in [4.69, 9.17) is 0 Å². The first-order valence-corrected chi connectivity index (χ1v) is 5.55. The Balaban J connectivity index is 2.28. The van der Waals surface area contributed by atoms with Crippen LogP contribution in [0.2, 0.25) is 0 Å². The second-order valence-electron chi connectivity index (χ2n) is 3.22. The molecule has 1 heterocycles. The molecule has 0 unspecified atom stereocenters. The number of aromatic nitrogens is 2. The molecular formula is C11H11N3OS. The third-order valence-corrected chi connectivity index (χ3v) is 2.30. The monoisotopic (exact) mass is 233 g/mol. The number of fused-ring (bicyclic) bond motifs is 1. The van der Waals surface area contributed by atoms with Crippen molar-refractivity contribution in [2.24, 2.45) is 0 Å². The van der Waals surface area contributed by atoms with Gasteiger partial charge < -0.3 is 5.32 Å². The zero-order valence-corrected chi connectivity index (χ0v) is 9.45. The molecule has 0 spiro atoms. The molecular weight excluding hydrogens is 222 g/mol. The number of nitrogens with zero attached hydrogens (tertiary/aromatic N) is 2. The molecule has 0 aliphatic heterocycles. The number of para-hydroxylation sites is 2. The highest BCUT2D eigenvalue weighted by Crippen LogP contribution is 2.08. The molecule has 0 fully saturated rings. The van der Waals surface area contributed by atoms with Crippen molar-refractivity contribution in [2.75, 3.05) is 12.3 Å². The maximum Gasteiger partial charge on any atom is 0.271 e. The summed E-state index contributed by atoms with van der Waals surface area (Å²) in [6.45, 7) is 0.524. The van der Waals surface area contributed by atoms with Gasteiger partial charge in [-0.2, -0.15) is 12.6 Å². The molecule has 82 valence electrons. The summed E-state index contributed by atoms with van der Waals surface area (Å²) in [5.41, 5.74) is 1.84. The van der Waals surface area contributed by atoms with Crippen molar-refractivity contribution in [2.45, 2.75) is 0 Å². The molecule has 0 saturated heterocycles. The van der Waals surface area contributed by atoms with Gasteiger partial charge in [-0.15, -0.1) is 0 Å². The second kappa shape index (κ2) is 4.94. The number of carbonyl (C=O) groups excluding carboxylic acids is 1. The molecule has 1 N–H and O–H groups in total. The number of nitrogens with one attached hydrogen (secondary N) is 1. The molecule has 1 aromatic heterocycles. The zero-order chi connectivity index (χ0) is 11.4. The number of thiol groups is 1. The van der Waals surface area contributed by atoms with Crippen LogP contribution in [0.4, 0.5) is 0 Å². The van der Waals surface area contributed by atoms with E-state index in [1.807, 2.05) is 24.3 Å². The average molecular weight is 233 g/mol. The van der Waals surface area contributed by atoms with E-state index < -0.39 is 0 Å². The fourth-order valence-electron chi connectivity index (χ4n) is 1.33. The highest BCUT2D eigenvalue weighted by Gasteiger charge is 2.07. The Kier molecular flexibility index (Phi) is 3.36. The number of carbonyl (C=O) groups is 1. The Labute approximate surface area is 98.5 Å². The van der Waals surface area contributed by atoms with E-state index in [-0.39, 0.29) is 5.91 Å². The number of amides is 1. The van der Waals surface area contributed by atoms with Crippen molar-refractivity contribution in [1.29, 1.82) is 0 Å². The van der Waals surface area contributed by atoms with Crippen LogP contribution in [0.1, 0.15) is 10.5 Å². The fourth-order valence-corrected chi connectivity index (χ4v) is 1.44. The average Bonchev–Trinajstić information content (AvgIpc) is 2.35. The summed E-state index contributed by atoms with van der Waals surface area (Å²) in [5.74, 6) is 0.388. The standard InChI is InChI=1S/C11H11N3OS/c15-11(12-5-6-16)10-7-13-8-3-1-2-4-9(8)14-10/h1-4,7,16H,5-6H2,(H,12,15). The largest absolute Gasteiger partial charge is 0.350 e. The Bertz CT molecular complexity index is 515. The minimum atomic E-state index is -0.215. The van der Waals surface area contributed by atoms with Crippen LogP contribution in [0.3, 0.4) is 0 Å². The maximum absolute atomic E-state index is 11.6.